The molecule has 1 N–H and O–H groups in total. The number of hydrogen-bond acceptors (Lipinski definition) is 5. The van der Waals surface area contributed by atoms with Crippen LogP contribution in [0.3, 0.4) is 0 Å². The molecule has 1 aliphatic rings. The smallest absolute Gasteiger partial charge is 0.217 e. The summed E-state index contributed by atoms with van der Waals surface area (Å²) < 4.78 is 11.8. The van der Waals surface area contributed by atoms with Crippen LogP contribution < -0.4 is 19.7 Å². The number of carbonyl (C=O) groups excluding carboxylic acids is 1. The summed E-state index contributed by atoms with van der Waals surface area (Å²) in [4.78, 5) is 17.8. The molecule has 2 atom stereocenters. The Morgan fingerprint density at radius 1 is 1.32 bits per heavy atom. The van der Waals surface area contributed by atoms with Crippen molar-refractivity contribution in [1.29, 1.82) is 0 Å². The maximum Gasteiger partial charge on any atom is 0.217 e. The second kappa shape index (κ2) is 9.44. The van der Waals surface area contributed by atoms with Gasteiger partial charge in [-0.2, -0.15) is 0 Å². The third-order valence-corrected chi connectivity index (χ3v) is 4.79. The summed E-state index contributed by atoms with van der Waals surface area (Å²) in [6, 6.07) is 11.9. The van der Waals surface area contributed by atoms with E-state index in [0.29, 0.717) is 12.5 Å². The molecule has 1 aromatic heterocycles. The number of nitrogens with zero attached hydrogens (tertiary/aromatic N) is 2. The molecule has 0 saturated carbocycles. The van der Waals surface area contributed by atoms with Crippen LogP contribution in [0.2, 0.25) is 0 Å². The molecule has 6 heteroatoms. The van der Waals surface area contributed by atoms with Crippen LogP contribution in [-0.4, -0.2) is 36.7 Å². The van der Waals surface area contributed by atoms with Crippen molar-refractivity contribution in [2.24, 2.45) is 0 Å². The highest BCUT2D eigenvalue weighted by Gasteiger charge is 2.24. The number of nitrogens with one attached hydrogen (secondary N) is 1. The van der Waals surface area contributed by atoms with Crippen molar-refractivity contribution in [2.75, 3.05) is 24.6 Å². The molecular formula is C22H29N3O3. The summed E-state index contributed by atoms with van der Waals surface area (Å²) in [6.07, 6.45) is 3.88. The van der Waals surface area contributed by atoms with Crippen molar-refractivity contribution in [1.82, 2.24) is 10.3 Å². The van der Waals surface area contributed by atoms with Gasteiger partial charge in [-0.25, -0.2) is 4.98 Å². The van der Waals surface area contributed by atoms with E-state index in [1.54, 1.807) is 6.20 Å². The van der Waals surface area contributed by atoms with Crippen LogP contribution in [0.5, 0.6) is 11.6 Å². The summed E-state index contributed by atoms with van der Waals surface area (Å²) in [7, 11) is 0. The highest BCUT2D eigenvalue weighted by molar-refractivity contribution is 5.73. The molecular weight excluding hydrogens is 354 g/mol. The lowest BCUT2D eigenvalue weighted by molar-refractivity contribution is -0.119. The van der Waals surface area contributed by atoms with Gasteiger partial charge in [-0.05, 0) is 37.1 Å². The van der Waals surface area contributed by atoms with E-state index in [2.05, 4.69) is 22.1 Å². The van der Waals surface area contributed by atoms with Crippen LogP contribution in [-0.2, 0) is 4.79 Å². The van der Waals surface area contributed by atoms with Gasteiger partial charge in [-0.3, -0.25) is 4.79 Å². The lowest BCUT2D eigenvalue weighted by atomic mass is 10.1. The molecule has 1 aromatic carbocycles. The summed E-state index contributed by atoms with van der Waals surface area (Å²) in [5, 5.41) is 2.89. The molecule has 1 aliphatic heterocycles. The number of hydrogen-bond donors (Lipinski definition) is 1. The average molecular weight is 383 g/mol. The third-order valence-electron chi connectivity index (χ3n) is 4.79. The number of carbonyl (C=O) groups is 1. The Hall–Kier alpha value is -2.76. The molecule has 1 amide bonds. The van der Waals surface area contributed by atoms with E-state index in [0.717, 1.165) is 42.9 Å². The lowest BCUT2D eigenvalue weighted by Gasteiger charge is -2.20. The van der Waals surface area contributed by atoms with Crippen molar-refractivity contribution in [3.63, 3.8) is 0 Å². The van der Waals surface area contributed by atoms with Crippen molar-refractivity contribution in [3.8, 4) is 11.6 Å². The average Bonchev–Trinajstić information content (AvgIpc) is 3.15. The number of rotatable bonds is 8. The van der Waals surface area contributed by atoms with E-state index in [9.17, 15) is 4.79 Å². The van der Waals surface area contributed by atoms with Gasteiger partial charge in [0.2, 0.25) is 11.8 Å². The van der Waals surface area contributed by atoms with Crippen LogP contribution in [0, 0.1) is 0 Å². The maximum absolute atomic E-state index is 11.2. The summed E-state index contributed by atoms with van der Waals surface area (Å²) in [6.45, 7) is 8.04. The minimum atomic E-state index is -0.0294. The minimum Gasteiger partial charge on any atom is -0.489 e. The summed E-state index contributed by atoms with van der Waals surface area (Å²) in [5.74, 6) is 1.50. The van der Waals surface area contributed by atoms with Gasteiger partial charge >= 0.3 is 0 Å². The number of aromatic nitrogens is 1. The van der Waals surface area contributed by atoms with Crippen molar-refractivity contribution >= 4 is 11.6 Å². The van der Waals surface area contributed by atoms with Crippen LogP contribution in [0.4, 0.5) is 5.69 Å². The topological polar surface area (TPSA) is 63.7 Å². The number of anilines is 1. The van der Waals surface area contributed by atoms with Crippen LogP contribution in [0.25, 0.3) is 0 Å². The molecule has 1 fully saturated rings. The molecule has 0 aliphatic carbocycles. The Morgan fingerprint density at radius 2 is 2.11 bits per heavy atom. The first-order chi connectivity index (χ1) is 13.5. The lowest BCUT2D eigenvalue weighted by Crippen LogP contribution is -2.25. The first kappa shape index (κ1) is 20.0. The standard InChI is InChI=1S/C22H29N3O3/c1-4-13-27-22-14-19(9-11-23-22)25-12-10-21(15-25)28-20-7-5-18(6-8-20)16(2)24-17(3)26/h5-9,11,14,16,21H,4,10,12-13,15H2,1-3H3,(H,24,26)/t16-,21?/m0/s1. The van der Waals surface area contributed by atoms with Gasteiger partial charge in [0, 0.05) is 37.8 Å². The molecule has 0 spiro atoms. The zero-order valence-corrected chi connectivity index (χ0v) is 16.9. The first-order valence-electron chi connectivity index (χ1n) is 9.92. The van der Waals surface area contributed by atoms with Gasteiger partial charge in [0.05, 0.1) is 19.2 Å². The SMILES string of the molecule is CCCOc1cc(N2CCC(Oc3ccc([C@H](C)NC(C)=O)cc3)C2)ccn1. The maximum atomic E-state index is 11.2. The fourth-order valence-electron chi connectivity index (χ4n) is 3.36. The van der Waals surface area contributed by atoms with E-state index in [-0.39, 0.29) is 18.1 Å². The first-order valence-corrected chi connectivity index (χ1v) is 9.92. The predicted molar refractivity (Wildman–Crippen MR) is 110 cm³/mol. The molecule has 2 aromatic rings. The second-order valence-corrected chi connectivity index (χ2v) is 7.17. The summed E-state index contributed by atoms with van der Waals surface area (Å²) >= 11 is 0. The molecule has 1 unspecified atom stereocenters. The highest BCUT2D eigenvalue weighted by atomic mass is 16.5. The number of benzene rings is 1. The molecule has 0 radical (unpaired) electrons. The predicted octanol–water partition coefficient (Wildman–Crippen LogP) is 3.73. The van der Waals surface area contributed by atoms with Gasteiger partial charge in [-0.1, -0.05) is 19.1 Å². The Morgan fingerprint density at radius 3 is 2.82 bits per heavy atom. The Balaban J connectivity index is 1.55. The Kier molecular flexibility index (Phi) is 6.74. The largest absolute Gasteiger partial charge is 0.489 e. The second-order valence-electron chi connectivity index (χ2n) is 7.17. The Labute approximate surface area is 166 Å². The van der Waals surface area contributed by atoms with Crippen molar-refractivity contribution in [2.45, 2.75) is 45.8 Å². The van der Waals surface area contributed by atoms with Gasteiger partial charge in [-0.15, -0.1) is 0 Å². The minimum absolute atomic E-state index is 0.00987. The molecule has 1 saturated heterocycles. The monoisotopic (exact) mass is 383 g/mol. The van der Waals surface area contributed by atoms with Gasteiger partial charge in [0.15, 0.2) is 0 Å². The normalized spacial score (nSPS) is 17.2. The fraction of sp³-hybridized carbons (Fsp3) is 0.455. The van der Waals surface area contributed by atoms with E-state index >= 15 is 0 Å². The zero-order chi connectivity index (χ0) is 19.9. The van der Waals surface area contributed by atoms with Gasteiger partial charge < -0.3 is 19.7 Å². The number of pyridine rings is 1. The van der Waals surface area contributed by atoms with Crippen molar-refractivity contribution < 1.29 is 14.3 Å². The quantitative estimate of drug-likeness (QED) is 0.753. The van der Waals surface area contributed by atoms with Crippen LogP contribution >= 0.6 is 0 Å². The van der Waals surface area contributed by atoms with E-state index in [1.807, 2.05) is 43.3 Å². The third kappa shape index (κ3) is 5.38. The molecule has 150 valence electrons. The van der Waals surface area contributed by atoms with Gasteiger partial charge in [0.25, 0.3) is 0 Å². The molecule has 0 bridgehead atoms. The van der Waals surface area contributed by atoms with Crippen molar-refractivity contribution in [3.05, 3.63) is 48.2 Å². The molecule has 6 nitrogen and oxygen atoms in total. The highest BCUT2D eigenvalue weighted by Crippen LogP contribution is 2.26. The molecule has 2 heterocycles. The van der Waals surface area contributed by atoms with E-state index in [1.165, 1.54) is 6.92 Å². The summed E-state index contributed by atoms with van der Waals surface area (Å²) in [5.41, 5.74) is 2.18. The fourth-order valence-corrected chi connectivity index (χ4v) is 3.36. The van der Waals surface area contributed by atoms with Gasteiger partial charge in [0.1, 0.15) is 11.9 Å². The number of ether oxygens (including phenoxy) is 2. The van der Waals surface area contributed by atoms with Crippen LogP contribution in [0.1, 0.15) is 45.2 Å². The molecule has 3 rings (SSSR count). The van der Waals surface area contributed by atoms with Crippen LogP contribution in [0.15, 0.2) is 42.6 Å². The van der Waals surface area contributed by atoms with E-state index in [4.69, 9.17) is 9.47 Å². The molecule has 28 heavy (non-hydrogen) atoms. The van der Waals surface area contributed by atoms with E-state index < -0.39 is 0 Å². The zero-order valence-electron chi connectivity index (χ0n) is 16.9. The Bertz CT molecular complexity index is 779. The number of amides is 1.